The summed E-state index contributed by atoms with van der Waals surface area (Å²) in [7, 11) is 0. The van der Waals surface area contributed by atoms with E-state index in [0.29, 0.717) is 0 Å². The van der Waals surface area contributed by atoms with Crippen LogP contribution in [0.2, 0.25) is 0 Å². The summed E-state index contributed by atoms with van der Waals surface area (Å²) < 4.78 is 6.99. The molecule has 1 aliphatic heterocycles. The number of hydrogen-bond acceptors (Lipinski definition) is 2. The SMILES string of the molecule is Brc1cc2c(c(CNCC3CC3)c1)OCCC2. The van der Waals surface area contributed by atoms with E-state index in [4.69, 9.17) is 4.74 Å². The molecule has 3 rings (SSSR count). The zero-order chi connectivity index (χ0) is 11.7. The Hall–Kier alpha value is -0.540. The molecule has 0 atom stereocenters. The summed E-state index contributed by atoms with van der Waals surface area (Å²) in [6.07, 6.45) is 5.09. The van der Waals surface area contributed by atoms with E-state index in [0.717, 1.165) is 44.2 Å². The van der Waals surface area contributed by atoms with Crippen LogP contribution in [0.1, 0.15) is 30.4 Å². The van der Waals surface area contributed by atoms with Crippen molar-refractivity contribution in [1.29, 1.82) is 0 Å². The smallest absolute Gasteiger partial charge is 0.127 e. The molecule has 0 unspecified atom stereocenters. The minimum atomic E-state index is 0.865. The molecule has 0 saturated heterocycles. The maximum atomic E-state index is 5.82. The molecule has 92 valence electrons. The molecule has 1 fully saturated rings. The van der Waals surface area contributed by atoms with E-state index in [1.807, 2.05) is 0 Å². The van der Waals surface area contributed by atoms with Crippen LogP contribution in [0, 0.1) is 5.92 Å². The van der Waals surface area contributed by atoms with Crippen LogP contribution >= 0.6 is 15.9 Å². The van der Waals surface area contributed by atoms with Crippen molar-refractivity contribution < 1.29 is 4.74 Å². The molecule has 2 aliphatic rings. The molecule has 2 nitrogen and oxygen atoms in total. The monoisotopic (exact) mass is 295 g/mol. The van der Waals surface area contributed by atoms with Crippen LogP contribution in [0.25, 0.3) is 0 Å². The second-order valence-corrected chi connectivity index (χ2v) is 6.00. The minimum Gasteiger partial charge on any atom is -0.493 e. The van der Waals surface area contributed by atoms with Gasteiger partial charge in [-0.05, 0) is 55.8 Å². The molecule has 1 aromatic rings. The summed E-state index contributed by atoms with van der Waals surface area (Å²) in [6.45, 7) is 2.95. The van der Waals surface area contributed by atoms with Gasteiger partial charge in [0.15, 0.2) is 0 Å². The molecule has 0 amide bonds. The fraction of sp³-hybridized carbons (Fsp3) is 0.571. The molecule has 1 aromatic carbocycles. The third kappa shape index (κ3) is 2.83. The van der Waals surface area contributed by atoms with Crippen LogP contribution in [0.15, 0.2) is 16.6 Å². The van der Waals surface area contributed by atoms with Crippen molar-refractivity contribution in [2.75, 3.05) is 13.2 Å². The zero-order valence-corrected chi connectivity index (χ0v) is 11.6. The predicted molar refractivity (Wildman–Crippen MR) is 72.4 cm³/mol. The lowest BCUT2D eigenvalue weighted by Gasteiger charge is -2.21. The van der Waals surface area contributed by atoms with E-state index < -0.39 is 0 Å². The molecule has 0 bridgehead atoms. The Balaban J connectivity index is 1.73. The van der Waals surface area contributed by atoms with Crippen molar-refractivity contribution in [1.82, 2.24) is 5.32 Å². The normalized spacial score (nSPS) is 18.6. The molecule has 1 heterocycles. The van der Waals surface area contributed by atoms with E-state index in [-0.39, 0.29) is 0 Å². The van der Waals surface area contributed by atoms with Crippen molar-refractivity contribution >= 4 is 15.9 Å². The Labute approximate surface area is 111 Å². The lowest BCUT2D eigenvalue weighted by Crippen LogP contribution is -2.18. The summed E-state index contributed by atoms with van der Waals surface area (Å²) in [5.74, 6) is 2.06. The van der Waals surface area contributed by atoms with Crippen LogP contribution in [0.4, 0.5) is 0 Å². The second-order valence-electron chi connectivity index (χ2n) is 5.08. The fourth-order valence-corrected chi connectivity index (χ4v) is 2.94. The Kier molecular flexibility index (Phi) is 3.39. The lowest BCUT2D eigenvalue weighted by molar-refractivity contribution is 0.284. The Bertz CT molecular complexity index is 415. The maximum absolute atomic E-state index is 5.82. The number of halogens is 1. The molecule has 17 heavy (non-hydrogen) atoms. The lowest BCUT2D eigenvalue weighted by atomic mass is 10.0. The fourth-order valence-electron chi connectivity index (χ4n) is 2.38. The number of fused-ring (bicyclic) bond motifs is 1. The van der Waals surface area contributed by atoms with Crippen LogP contribution in [0.3, 0.4) is 0 Å². The highest BCUT2D eigenvalue weighted by Crippen LogP contribution is 2.33. The van der Waals surface area contributed by atoms with Gasteiger partial charge >= 0.3 is 0 Å². The van der Waals surface area contributed by atoms with E-state index in [9.17, 15) is 0 Å². The highest BCUT2D eigenvalue weighted by atomic mass is 79.9. The topological polar surface area (TPSA) is 21.3 Å². The summed E-state index contributed by atoms with van der Waals surface area (Å²) in [4.78, 5) is 0. The largest absolute Gasteiger partial charge is 0.493 e. The summed E-state index contributed by atoms with van der Waals surface area (Å²) in [6, 6.07) is 4.38. The molecule has 1 saturated carbocycles. The Morgan fingerprint density at radius 2 is 2.24 bits per heavy atom. The van der Waals surface area contributed by atoms with Crippen molar-refractivity contribution in [3.63, 3.8) is 0 Å². The van der Waals surface area contributed by atoms with Gasteiger partial charge in [0.2, 0.25) is 0 Å². The van der Waals surface area contributed by atoms with Gasteiger partial charge in [0.25, 0.3) is 0 Å². The highest BCUT2D eigenvalue weighted by Gasteiger charge is 2.21. The molecule has 0 aromatic heterocycles. The van der Waals surface area contributed by atoms with Crippen LogP contribution < -0.4 is 10.1 Å². The van der Waals surface area contributed by atoms with Gasteiger partial charge in [-0.2, -0.15) is 0 Å². The van der Waals surface area contributed by atoms with Crippen molar-refractivity contribution in [3.05, 3.63) is 27.7 Å². The van der Waals surface area contributed by atoms with Gasteiger partial charge < -0.3 is 10.1 Å². The maximum Gasteiger partial charge on any atom is 0.127 e. The van der Waals surface area contributed by atoms with Gasteiger partial charge in [-0.25, -0.2) is 0 Å². The van der Waals surface area contributed by atoms with Gasteiger partial charge in [0.1, 0.15) is 5.75 Å². The molecule has 1 N–H and O–H groups in total. The first-order valence-corrected chi connectivity index (χ1v) is 7.27. The summed E-state index contributed by atoms with van der Waals surface area (Å²) in [5.41, 5.74) is 2.66. The van der Waals surface area contributed by atoms with Crippen molar-refractivity contribution in [2.24, 2.45) is 5.92 Å². The quantitative estimate of drug-likeness (QED) is 0.920. The second kappa shape index (κ2) is 4.99. The number of aryl methyl sites for hydroxylation is 1. The van der Waals surface area contributed by atoms with Crippen LogP contribution in [0.5, 0.6) is 5.75 Å². The van der Waals surface area contributed by atoms with Crippen molar-refractivity contribution in [3.8, 4) is 5.75 Å². The molecular weight excluding hydrogens is 278 g/mol. The molecule has 0 spiro atoms. The number of ether oxygens (including phenoxy) is 1. The standard InChI is InChI=1S/C14H18BrNO/c15-13-6-11-2-1-5-17-14(11)12(7-13)9-16-8-10-3-4-10/h6-7,10,16H,1-5,8-9H2. The van der Waals surface area contributed by atoms with Gasteiger partial charge in [0, 0.05) is 16.6 Å². The average molecular weight is 296 g/mol. The van der Waals surface area contributed by atoms with E-state index in [1.54, 1.807) is 0 Å². The Morgan fingerprint density at radius 1 is 1.35 bits per heavy atom. The molecule has 0 radical (unpaired) electrons. The summed E-state index contributed by atoms with van der Waals surface area (Å²) >= 11 is 3.59. The number of nitrogens with one attached hydrogen (secondary N) is 1. The minimum absolute atomic E-state index is 0.865. The first-order chi connectivity index (χ1) is 8.33. The first kappa shape index (κ1) is 11.5. The first-order valence-electron chi connectivity index (χ1n) is 6.48. The van der Waals surface area contributed by atoms with Gasteiger partial charge in [-0.1, -0.05) is 15.9 Å². The van der Waals surface area contributed by atoms with Crippen molar-refractivity contribution in [2.45, 2.75) is 32.2 Å². The Morgan fingerprint density at radius 3 is 3.06 bits per heavy atom. The zero-order valence-electron chi connectivity index (χ0n) is 9.97. The average Bonchev–Trinajstić information content (AvgIpc) is 3.13. The molecule has 1 aliphatic carbocycles. The molecule has 3 heteroatoms. The van der Waals surface area contributed by atoms with Gasteiger partial charge in [-0.3, -0.25) is 0 Å². The summed E-state index contributed by atoms with van der Waals surface area (Å²) in [5, 5.41) is 3.54. The number of benzene rings is 1. The number of rotatable bonds is 4. The van der Waals surface area contributed by atoms with E-state index in [1.165, 1.54) is 28.4 Å². The van der Waals surface area contributed by atoms with E-state index >= 15 is 0 Å². The van der Waals surface area contributed by atoms with Gasteiger partial charge in [-0.15, -0.1) is 0 Å². The third-order valence-electron chi connectivity index (χ3n) is 3.49. The van der Waals surface area contributed by atoms with E-state index in [2.05, 4.69) is 33.4 Å². The number of hydrogen-bond donors (Lipinski definition) is 1. The van der Waals surface area contributed by atoms with Gasteiger partial charge in [0.05, 0.1) is 6.61 Å². The predicted octanol–water partition coefficient (Wildman–Crippen LogP) is 3.27. The third-order valence-corrected chi connectivity index (χ3v) is 3.95. The highest BCUT2D eigenvalue weighted by molar-refractivity contribution is 9.10. The molecular formula is C14H18BrNO. The van der Waals surface area contributed by atoms with Crippen LogP contribution in [-0.4, -0.2) is 13.2 Å². The van der Waals surface area contributed by atoms with Crippen LogP contribution in [-0.2, 0) is 13.0 Å².